The van der Waals surface area contributed by atoms with Gasteiger partial charge in [0.1, 0.15) is 5.56 Å². The number of hydrogen-bond donors (Lipinski definition) is 1. The molecule has 7 nitrogen and oxygen atoms in total. The highest BCUT2D eigenvalue weighted by Gasteiger charge is 2.31. The number of carbonyl (C=O) groups excluding carboxylic acids is 1. The molecule has 0 aliphatic rings. The number of nitriles is 1. The van der Waals surface area contributed by atoms with E-state index in [9.17, 15) is 36.4 Å². The van der Waals surface area contributed by atoms with E-state index in [0.29, 0.717) is 11.1 Å². The molecular weight excluding hydrogens is 495 g/mol. The summed E-state index contributed by atoms with van der Waals surface area (Å²) in [6.07, 6.45) is -3.58. The number of hydrogen-bond acceptors (Lipinski definition) is 5. The quantitative estimate of drug-likeness (QED) is 0.529. The Kier molecular flexibility index (Phi) is 7.40. The normalized spacial score (nSPS) is 12.6. The smallest absolute Gasteiger partial charge is 0.348 e. The van der Waals surface area contributed by atoms with Crippen LogP contribution in [0.2, 0.25) is 0 Å². The van der Waals surface area contributed by atoms with Gasteiger partial charge in [-0.2, -0.15) is 18.4 Å². The molecule has 1 amide bonds. The van der Waals surface area contributed by atoms with Gasteiger partial charge in [-0.3, -0.25) is 14.2 Å². The maximum absolute atomic E-state index is 13.3. The van der Waals surface area contributed by atoms with Crippen LogP contribution in [0.25, 0.3) is 5.69 Å². The van der Waals surface area contributed by atoms with Crippen molar-refractivity contribution in [2.24, 2.45) is 0 Å². The molecule has 0 radical (unpaired) electrons. The van der Waals surface area contributed by atoms with Gasteiger partial charge in [0.05, 0.1) is 22.4 Å². The molecule has 3 aromatic rings. The molecule has 0 aliphatic heterocycles. The Bertz CT molecular complexity index is 1520. The molecule has 0 fully saturated rings. The summed E-state index contributed by atoms with van der Waals surface area (Å²) in [7, 11) is -3.39. The first-order chi connectivity index (χ1) is 16.7. The van der Waals surface area contributed by atoms with Gasteiger partial charge in [0, 0.05) is 24.2 Å². The molecule has 0 bridgehead atoms. The van der Waals surface area contributed by atoms with Crippen molar-refractivity contribution in [3.63, 3.8) is 0 Å². The molecule has 0 aliphatic carbocycles. The third-order valence-corrected chi connectivity index (χ3v) is 6.76. The largest absolute Gasteiger partial charge is 0.416 e. The van der Waals surface area contributed by atoms with E-state index in [-0.39, 0.29) is 28.4 Å². The Labute approximate surface area is 205 Å². The van der Waals surface area contributed by atoms with Gasteiger partial charge >= 0.3 is 6.18 Å². The fraction of sp³-hybridized carbons (Fsp3) is 0.240. The lowest BCUT2D eigenvalue weighted by Crippen LogP contribution is -2.34. The van der Waals surface area contributed by atoms with Gasteiger partial charge in [0.15, 0.2) is 9.84 Å². The SMILES string of the molecule is Cc1c(C(C)C#N)cc(C(=O)NCc2ccc(S(C)(=O)=O)cc2)c(=O)n1-c1cccc(C(F)(F)F)c1. The average Bonchev–Trinajstić information content (AvgIpc) is 2.81. The first-order valence-electron chi connectivity index (χ1n) is 10.6. The van der Waals surface area contributed by atoms with E-state index in [4.69, 9.17) is 0 Å². The van der Waals surface area contributed by atoms with Crippen LogP contribution in [0.3, 0.4) is 0 Å². The number of carbonyl (C=O) groups is 1. The average molecular weight is 518 g/mol. The molecule has 1 aromatic heterocycles. The Balaban J connectivity index is 2.04. The zero-order valence-corrected chi connectivity index (χ0v) is 20.4. The molecule has 1 unspecified atom stereocenters. The Morgan fingerprint density at radius 3 is 2.33 bits per heavy atom. The van der Waals surface area contributed by atoms with E-state index in [2.05, 4.69) is 5.32 Å². The lowest BCUT2D eigenvalue weighted by molar-refractivity contribution is -0.137. The highest BCUT2D eigenvalue weighted by atomic mass is 32.2. The third-order valence-electron chi connectivity index (χ3n) is 5.63. The zero-order valence-electron chi connectivity index (χ0n) is 19.6. The van der Waals surface area contributed by atoms with E-state index >= 15 is 0 Å². The van der Waals surface area contributed by atoms with Crippen molar-refractivity contribution in [1.82, 2.24) is 9.88 Å². The maximum Gasteiger partial charge on any atom is 0.416 e. The highest BCUT2D eigenvalue weighted by Crippen LogP contribution is 2.31. The van der Waals surface area contributed by atoms with Crippen LogP contribution in [0.1, 0.15) is 45.6 Å². The second-order valence-corrected chi connectivity index (χ2v) is 10.3. The summed E-state index contributed by atoms with van der Waals surface area (Å²) in [5, 5.41) is 12.0. The summed E-state index contributed by atoms with van der Waals surface area (Å²) in [6, 6.07) is 13.2. The van der Waals surface area contributed by atoms with Crippen molar-refractivity contribution in [2.45, 2.75) is 37.4 Å². The maximum atomic E-state index is 13.3. The second kappa shape index (κ2) is 9.99. The van der Waals surface area contributed by atoms with Crippen molar-refractivity contribution >= 4 is 15.7 Å². The monoisotopic (exact) mass is 517 g/mol. The number of amides is 1. The van der Waals surface area contributed by atoms with Crippen LogP contribution < -0.4 is 10.9 Å². The molecule has 3 rings (SSSR count). The van der Waals surface area contributed by atoms with Gasteiger partial charge in [-0.25, -0.2) is 8.42 Å². The standard InChI is InChI=1S/C25H22F3N3O4S/c1-15(13-29)21-12-22(23(32)30-14-17-7-9-20(10-8-17)36(3,34)35)24(33)31(16(21)2)19-6-4-5-18(11-19)25(26,27)28/h4-12,15H,14H2,1-3H3,(H,30,32). The van der Waals surface area contributed by atoms with Gasteiger partial charge in [-0.15, -0.1) is 0 Å². The molecule has 0 spiro atoms. The minimum atomic E-state index is -4.64. The summed E-state index contributed by atoms with van der Waals surface area (Å²) in [4.78, 5) is 26.4. The predicted molar refractivity (Wildman–Crippen MR) is 127 cm³/mol. The number of halogens is 3. The minimum absolute atomic E-state index is 0.0388. The lowest BCUT2D eigenvalue weighted by Gasteiger charge is -2.19. The summed E-state index contributed by atoms with van der Waals surface area (Å²) in [5.41, 5.74) is -1.13. The van der Waals surface area contributed by atoms with Crippen LogP contribution in [-0.4, -0.2) is 25.1 Å². The fourth-order valence-corrected chi connectivity index (χ4v) is 4.29. The van der Waals surface area contributed by atoms with Crippen LogP contribution >= 0.6 is 0 Å². The molecule has 0 saturated heterocycles. The van der Waals surface area contributed by atoms with E-state index < -0.39 is 39.0 Å². The van der Waals surface area contributed by atoms with E-state index in [0.717, 1.165) is 29.0 Å². The van der Waals surface area contributed by atoms with Gasteiger partial charge in [0.25, 0.3) is 11.5 Å². The van der Waals surface area contributed by atoms with Crippen LogP contribution in [0.5, 0.6) is 0 Å². The van der Waals surface area contributed by atoms with Gasteiger partial charge < -0.3 is 5.32 Å². The summed E-state index contributed by atoms with van der Waals surface area (Å²) in [6.45, 7) is 3.01. The molecule has 1 N–H and O–H groups in total. The van der Waals surface area contributed by atoms with E-state index in [1.807, 2.05) is 6.07 Å². The molecule has 1 heterocycles. The Morgan fingerprint density at radius 1 is 1.14 bits per heavy atom. The Morgan fingerprint density at radius 2 is 1.78 bits per heavy atom. The number of sulfone groups is 1. The number of aromatic nitrogens is 1. The topological polar surface area (TPSA) is 109 Å². The number of pyridine rings is 1. The number of nitrogens with zero attached hydrogens (tertiary/aromatic N) is 2. The first kappa shape index (κ1) is 26.7. The Hall–Kier alpha value is -3.91. The van der Waals surface area contributed by atoms with Crippen molar-refractivity contribution in [3.8, 4) is 11.8 Å². The number of rotatable bonds is 6. The predicted octanol–water partition coefficient (Wildman–Crippen LogP) is 4.13. The van der Waals surface area contributed by atoms with Gasteiger partial charge in [0.2, 0.25) is 0 Å². The number of nitrogens with one attached hydrogen (secondary N) is 1. The molecule has 188 valence electrons. The highest BCUT2D eigenvalue weighted by molar-refractivity contribution is 7.90. The molecule has 2 aromatic carbocycles. The van der Waals surface area contributed by atoms with Crippen LogP contribution in [0.4, 0.5) is 13.2 Å². The number of alkyl halides is 3. The van der Waals surface area contributed by atoms with Crippen LogP contribution in [-0.2, 0) is 22.6 Å². The molecule has 11 heteroatoms. The molecule has 0 saturated carbocycles. The fourth-order valence-electron chi connectivity index (χ4n) is 3.66. The third kappa shape index (κ3) is 5.66. The van der Waals surface area contributed by atoms with E-state index in [1.54, 1.807) is 6.92 Å². The van der Waals surface area contributed by atoms with Gasteiger partial charge in [-0.05, 0) is 61.4 Å². The lowest BCUT2D eigenvalue weighted by atomic mass is 9.98. The summed E-state index contributed by atoms with van der Waals surface area (Å²) in [5.74, 6) is -1.54. The summed E-state index contributed by atoms with van der Waals surface area (Å²) >= 11 is 0. The number of benzene rings is 2. The van der Waals surface area contributed by atoms with Crippen LogP contribution in [0, 0.1) is 18.3 Å². The van der Waals surface area contributed by atoms with Crippen LogP contribution in [0.15, 0.2) is 64.3 Å². The van der Waals surface area contributed by atoms with Crippen molar-refractivity contribution in [3.05, 3.63) is 92.9 Å². The summed E-state index contributed by atoms with van der Waals surface area (Å²) < 4.78 is 64.0. The first-order valence-corrected chi connectivity index (χ1v) is 12.5. The van der Waals surface area contributed by atoms with Crippen molar-refractivity contribution in [1.29, 1.82) is 5.26 Å². The van der Waals surface area contributed by atoms with Gasteiger partial charge in [-0.1, -0.05) is 18.2 Å². The molecular formula is C25H22F3N3O4S. The molecule has 36 heavy (non-hydrogen) atoms. The minimum Gasteiger partial charge on any atom is -0.348 e. The second-order valence-electron chi connectivity index (χ2n) is 8.24. The van der Waals surface area contributed by atoms with E-state index in [1.165, 1.54) is 43.3 Å². The van der Waals surface area contributed by atoms with Crippen molar-refractivity contribution < 1.29 is 26.4 Å². The van der Waals surface area contributed by atoms with Crippen molar-refractivity contribution in [2.75, 3.05) is 6.26 Å². The zero-order chi connectivity index (χ0) is 26.8. The molecule has 1 atom stereocenters.